The predicted molar refractivity (Wildman–Crippen MR) is 106 cm³/mol. The molecule has 0 saturated carbocycles. The normalized spacial score (nSPS) is 11.5. The molecule has 0 fully saturated rings. The van der Waals surface area contributed by atoms with E-state index in [1.807, 2.05) is 17.5 Å². The third-order valence-electron chi connectivity index (χ3n) is 4.01. The zero-order valence-electron chi connectivity index (χ0n) is 15.1. The molecule has 1 aromatic heterocycles. The summed E-state index contributed by atoms with van der Waals surface area (Å²) < 4.78 is 26.5. The van der Waals surface area contributed by atoms with Crippen molar-refractivity contribution in [1.82, 2.24) is 9.21 Å². The lowest BCUT2D eigenvalue weighted by molar-refractivity contribution is 0.0764. The minimum atomic E-state index is -3.52. The number of carbonyl (C=O) groups is 1. The average molecular weight is 393 g/mol. The number of benzene rings is 1. The summed E-state index contributed by atoms with van der Waals surface area (Å²) in [5.41, 5.74) is 0.460. The molecule has 140 valence electrons. The predicted octanol–water partition coefficient (Wildman–Crippen LogP) is 3.61. The van der Waals surface area contributed by atoms with Crippen LogP contribution in [0.3, 0.4) is 0 Å². The molecule has 2 rings (SSSR count). The lowest BCUT2D eigenvalue weighted by Gasteiger charge is -2.21. The number of hydrogen-bond acceptors (Lipinski definition) is 4. The van der Waals surface area contributed by atoms with Gasteiger partial charge in [0.1, 0.15) is 0 Å². The Kier molecular flexibility index (Phi) is 7.14. The fraction of sp³-hybridized carbons (Fsp3) is 0.316. The van der Waals surface area contributed by atoms with Crippen LogP contribution in [-0.2, 0) is 16.6 Å². The van der Waals surface area contributed by atoms with Crippen LogP contribution in [0.4, 0.5) is 0 Å². The maximum atomic E-state index is 12.8. The van der Waals surface area contributed by atoms with Crippen molar-refractivity contribution in [2.45, 2.75) is 25.3 Å². The molecule has 0 aliphatic rings. The summed E-state index contributed by atoms with van der Waals surface area (Å²) in [5, 5.41) is 1.97. The first-order valence-electron chi connectivity index (χ1n) is 8.46. The summed E-state index contributed by atoms with van der Waals surface area (Å²) in [6, 6.07) is 10.1. The molecule has 0 saturated heterocycles. The Morgan fingerprint density at radius 3 is 2.31 bits per heavy atom. The standard InChI is InChI=1S/C19H24N2O3S2/c1-4-13-20(15-17-8-7-14-25-17)19(22)16-9-11-18(12-10-16)26(23,24)21(5-2)6-3/h4,7-12,14H,1,5-6,13,15H2,2-3H3. The van der Waals surface area contributed by atoms with E-state index in [1.165, 1.54) is 16.4 Å². The molecule has 7 heteroatoms. The van der Waals surface area contributed by atoms with E-state index in [4.69, 9.17) is 0 Å². The van der Waals surface area contributed by atoms with Crippen molar-refractivity contribution in [1.29, 1.82) is 0 Å². The van der Waals surface area contributed by atoms with Crippen LogP contribution >= 0.6 is 11.3 Å². The van der Waals surface area contributed by atoms with E-state index in [-0.39, 0.29) is 10.8 Å². The van der Waals surface area contributed by atoms with Gasteiger partial charge in [-0.15, -0.1) is 17.9 Å². The fourth-order valence-corrected chi connectivity index (χ4v) is 4.81. The molecule has 5 nitrogen and oxygen atoms in total. The van der Waals surface area contributed by atoms with Crippen molar-refractivity contribution < 1.29 is 13.2 Å². The third-order valence-corrected chi connectivity index (χ3v) is 6.93. The zero-order chi connectivity index (χ0) is 19.2. The molecule has 1 amide bonds. The van der Waals surface area contributed by atoms with E-state index >= 15 is 0 Å². The molecular formula is C19H24N2O3S2. The molecule has 0 unspecified atom stereocenters. The molecule has 0 aliphatic heterocycles. The number of amides is 1. The van der Waals surface area contributed by atoms with E-state index in [0.29, 0.717) is 31.7 Å². The quantitative estimate of drug-likeness (QED) is 0.613. The monoisotopic (exact) mass is 392 g/mol. The second-order valence-corrected chi connectivity index (χ2v) is 8.64. The summed E-state index contributed by atoms with van der Waals surface area (Å²) in [5.74, 6) is -0.148. The highest BCUT2D eigenvalue weighted by molar-refractivity contribution is 7.89. The highest BCUT2D eigenvalue weighted by Crippen LogP contribution is 2.18. The van der Waals surface area contributed by atoms with E-state index in [2.05, 4.69) is 6.58 Å². The SMILES string of the molecule is C=CCN(Cc1cccs1)C(=O)c1ccc(S(=O)(=O)N(CC)CC)cc1. The largest absolute Gasteiger partial charge is 0.330 e. The van der Waals surface area contributed by atoms with E-state index < -0.39 is 10.0 Å². The Hall–Kier alpha value is -1.96. The van der Waals surface area contributed by atoms with E-state index in [0.717, 1.165) is 4.88 Å². The highest BCUT2D eigenvalue weighted by atomic mass is 32.2. The van der Waals surface area contributed by atoms with Gasteiger partial charge in [-0.3, -0.25) is 4.79 Å². The van der Waals surface area contributed by atoms with Gasteiger partial charge in [0.15, 0.2) is 0 Å². The molecular weight excluding hydrogens is 368 g/mol. The second kappa shape index (κ2) is 9.12. The number of nitrogens with zero attached hydrogens (tertiary/aromatic N) is 2. The van der Waals surface area contributed by atoms with Gasteiger partial charge in [0, 0.05) is 30.1 Å². The van der Waals surface area contributed by atoms with Crippen molar-refractivity contribution in [3.63, 3.8) is 0 Å². The molecule has 26 heavy (non-hydrogen) atoms. The summed E-state index contributed by atoms with van der Waals surface area (Å²) in [6.07, 6.45) is 1.69. The number of sulfonamides is 1. The highest BCUT2D eigenvalue weighted by Gasteiger charge is 2.22. The van der Waals surface area contributed by atoms with Crippen LogP contribution in [0.1, 0.15) is 29.1 Å². The average Bonchev–Trinajstić information content (AvgIpc) is 3.15. The second-order valence-electron chi connectivity index (χ2n) is 5.67. The van der Waals surface area contributed by atoms with Crippen molar-refractivity contribution in [3.05, 3.63) is 64.9 Å². The summed E-state index contributed by atoms with van der Waals surface area (Å²) in [4.78, 5) is 15.8. The Bertz CT molecular complexity index is 824. The van der Waals surface area contributed by atoms with Crippen LogP contribution in [0.15, 0.2) is 59.3 Å². The molecule has 2 aromatic rings. The minimum Gasteiger partial charge on any atom is -0.330 e. The number of thiophene rings is 1. The van der Waals surface area contributed by atoms with Gasteiger partial charge in [-0.25, -0.2) is 8.42 Å². The fourth-order valence-electron chi connectivity index (χ4n) is 2.63. The first kappa shape index (κ1) is 20.4. The zero-order valence-corrected chi connectivity index (χ0v) is 16.7. The van der Waals surface area contributed by atoms with Gasteiger partial charge in [0.25, 0.3) is 5.91 Å². The van der Waals surface area contributed by atoms with Crippen LogP contribution < -0.4 is 0 Å². The van der Waals surface area contributed by atoms with Gasteiger partial charge in [0.2, 0.25) is 10.0 Å². The molecule has 0 N–H and O–H groups in total. The van der Waals surface area contributed by atoms with Gasteiger partial charge in [0.05, 0.1) is 11.4 Å². The number of carbonyl (C=O) groups excluding carboxylic acids is 1. The lowest BCUT2D eigenvalue weighted by Crippen LogP contribution is -2.31. The molecule has 1 heterocycles. The van der Waals surface area contributed by atoms with E-state index in [9.17, 15) is 13.2 Å². The summed E-state index contributed by atoms with van der Waals surface area (Å²) >= 11 is 1.59. The van der Waals surface area contributed by atoms with Crippen LogP contribution in [0.5, 0.6) is 0 Å². The van der Waals surface area contributed by atoms with Crippen LogP contribution in [0.25, 0.3) is 0 Å². The maximum absolute atomic E-state index is 12.8. The first-order valence-corrected chi connectivity index (χ1v) is 10.8. The van der Waals surface area contributed by atoms with Crippen molar-refractivity contribution in [2.75, 3.05) is 19.6 Å². The molecule has 0 radical (unpaired) electrons. The molecule has 1 aromatic carbocycles. The smallest absolute Gasteiger partial charge is 0.254 e. The Morgan fingerprint density at radius 2 is 1.81 bits per heavy atom. The molecule has 0 bridgehead atoms. The van der Waals surface area contributed by atoms with Crippen molar-refractivity contribution in [3.8, 4) is 0 Å². The molecule has 0 spiro atoms. The third kappa shape index (κ3) is 4.60. The molecule has 0 atom stereocenters. The Morgan fingerprint density at radius 1 is 1.15 bits per heavy atom. The van der Waals surface area contributed by atoms with Gasteiger partial charge < -0.3 is 4.90 Å². The maximum Gasteiger partial charge on any atom is 0.254 e. The summed E-state index contributed by atoms with van der Waals surface area (Å²) in [7, 11) is -3.52. The van der Waals surface area contributed by atoms with Crippen LogP contribution in [0, 0.1) is 0 Å². The Balaban J connectivity index is 2.22. The number of rotatable bonds is 9. The topological polar surface area (TPSA) is 57.7 Å². The first-order chi connectivity index (χ1) is 12.4. The van der Waals surface area contributed by atoms with Gasteiger partial charge in [-0.1, -0.05) is 26.0 Å². The summed E-state index contributed by atoms with van der Waals surface area (Å²) in [6.45, 7) is 9.07. The van der Waals surface area contributed by atoms with Crippen molar-refractivity contribution >= 4 is 27.3 Å². The minimum absolute atomic E-state index is 0.148. The lowest BCUT2D eigenvalue weighted by atomic mass is 10.2. The van der Waals surface area contributed by atoms with Gasteiger partial charge in [-0.2, -0.15) is 4.31 Å². The number of hydrogen-bond donors (Lipinski definition) is 0. The van der Waals surface area contributed by atoms with Crippen LogP contribution in [0.2, 0.25) is 0 Å². The van der Waals surface area contributed by atoms with Crippen LogP contribution in [-0.4, -0.2) is 43.2 Å². The molecule has 0 aliphatic carbocycles. The van der Waals surface area contributed by atoms with Crippen molar-refractivity contribution in [2.24, 2.45) is 0 Å². The van der Waals surface area contributed by atoms with Gasteiger partial charge >= 0.3 is 0 Å². The van der Waals surface area contributed by atoms with Gasteiger partial charge in [-0.05, 0) is 35.7 Å². The Labute approximate surface area is 159 Å². The van der Waals surface area contributed by atoms with E-state index in [1.54, 1.807) is 48.3 Å².